The van der Waals surface area contributed by atoms with Crippen LogP contribution in [-0.4, -0.2) is 62.6 Å². The second kappa shape index (κ2) is 4.84. The Labute approximate surface area is 97.8 Å². The molecule has 8 nitrogen and oxygen atoms in total. The summed E-state index contributed by atoms with van der Waals surface area (Å²) in [6.45, 7) is 1.38. The number of nitrogens with two attached hydrogens (primary N) is 2. The molecule has 0 aliphatic carbocycles. The van der Waals surface area contributed by atoms with Crippen LogP contribution < -0.4 is 11.5 Å². The molecule has 1 saturated heterocycles. The molecule has 0 aromatic rings. The highest BCUT2D eigenvalue weighted by molar-refractivity contribution is 5.75. The first-order valence-electron chi connectivity index (χ1n) is 5.20. The maximum absolute atomic E-state index is 10.8. The molecule has 0 aromatic heterocycles. The number of rotatable bonds is 3. The number of carboxylic acid groups (broad SMARTS) is 1. The average Bonchev–Trinajstić information content (AvgIpc) is 2.22. The van der Waals surface area contributed by atoms with E-state index in [-0.39, 0.29) is 0 Å². The minimum atomic E-state index is -2.54. The minimum Gasteiger partial charge on any atom is -0.477 e. The van der Waals surface area contributed by atoms with Gasteiger partial charge in [-0.25, -0.2) is 4.79 Å². The number of carbonyl (C=O) groups is 1. The van der Waals surface area contributed by atoms with Crippen molar-refractivity contribution >= 4 is 5.97 Å². The van der Waals surface area contributed by atoms with Gasteiger partial charge in [-0.3, -0.25) is 0 Å². The first kappa shape index (κ1) is 14.3. The lowest BCUT2D eigenvalue weighted by Crippen LogP contribution is -2.66. The molecule has 100 valence electrons. The van der Waals surface area contributed by atoms with Gasteiger partial charge >= 0.3 is 5.97 Å². The molecule has 0 aromatic carbocycles. The molecular weight excluding hydrogens is 232 g/mol. The van der Waals surface area contributed by atoms with Crippen molar-refractivity contribution in [1.82, 2.24) is 0 Å². The lowest BCUT2D eigenvalue weighted by atomic mass is 9.89. The van der Waals surface area contributed by atoms with Crippen LogP contribution in [-0.2, 0) is 9.53 Å². The number of carboxylic acids is 1. The van der Waals surface area contributed by atoms with Gasteiger partial charge in [0.1, 0.15) is 0 Å². The summed E-state index contributed by atoms with van der Waals surface area (Å²) in [5.41, 5.74) is 11.2. The molecule has 0 radical (unpaired) electrons. The highest BCUT2D eigenvalue weighted by atomic mass is 16.7. The number of aliphatic carboxylic acids is 1. The van der Waals surface area contributed by atoms with Crippen LogP contribution in [0.3, 0.4) is 0 Å². The van der Waals surface area contributed by atoms with Crippen molar-refractivity contribution in [2.24, 2.45) is 11.5 Å². The normalized spacial score (nSPS) is 41.9. The van der Waals surface area contributed by atoms with E-state index in [1.807, 2.05) is 0 Å². The van der Waals surface area contributed by atoms with E-state index in [0.29, 0.717) is 0 Å². The number of aliphatic hydroxyl groups excluding tert-OH is 2. The van der Waals surface area contributed by atoms with E-state index < -0.39 is 48.6 Å². The van der Waals surface area contributed by atoms with E-state index in [9.17, 15) is 20.1 Å². The van der Waals surface area contributed by atoms with Crippen molar-refractivity contribution in [3.8, 4) is 0 Å². The summed E-state index contributed by atoms with van der Waals surface area (Å²) < 4.78 is 4.93. The second-order valence-electron chi connectivity index (χ2n) is 4.34. The molecule has 1 aliphatic rings. The van der Waals surface area contributed by atoms with Crippen molar-refractivity contribution in [3.63, 3.8) is 0 Å². The van der Waals surface area contributed by atoms with Gasteiger partial charge in [0.2, 0.25) is 0 Å². The topological polar surface area (TPSA) is 159 Å². The van der Waals surface area contributed by atoms with E-state index in [1.54, 1.807) is 0 Å². The Hall–Kier alpha value is -0.770. The maximum Gasteiger partial charge on any atom is 0.364 e. The second-order valence-corrected chi connectivity index (χ2v) is 4.34. The Bertz CT molecular complexity index is 295. The van der Waals surface area contributed by atoms with Gasteiger partial charge in [-0.05, 0) is 6.92 Å². The van der Waals surface area contributed by atoms with E-state index >= 15 is 0 Å². The Kier molecular flexibility index (Phi) is 4.07. The SMILES string of the molecule is CC(O)C(N)C1OC(O)(C(=O)O)CC(O)C1N. The molecule has 0 spiro atoms. The summed E-state index contributed by atoms with van der Waals surface area (Å²) in [5, 5.41) is 37.4. The molecular formula is C9H18N2O6. The smallest absolute Gasteiger partial charge is 0.364 e. The van der Waals surface area contributed by atoms with Gasteiger partial charge in [0.15, 0.2) is 0 Å². The van der Waals surface area contributed by atoms with Crippen LogP contribution in [0.4, 0.5) is 0 Å². The quantitative estimate of drug-likeness (QED) is 0.308. The predicted octanol–water partition coefficient (Wildman–Crippen LogP) is -3.06. The Morgan fingerprint density at radius 1 is 1.59 bits per heavy atom. The standard InChI is InChI=1S/C9H18N2O6/c1-3(12)5(10)7-6(11)4(13)2-9(16,17-7)8(14)15/h3-7,12-13,16H,2,10-11H2,1H3,(H,14,15). The van der Waals surface area contributed by atoms with Crippen LogP contribution in [0.5, 0.6) is 0 Å². The van der Waals surface area contributed by atoms with Crippen molar-refractivity contribution in [1.29, 1.82) is 0 Å². The van der Waals surface area contributed by atoms with Gasteiger partial charge in [0.05, 0.1) is 30.4 Å². The highest BCUT2D eigenvalue weighted by Gasteiger charge is 2.51. The van der Waals surface area contributed by atoms with Crippen LogP contribution >= 0.6 is 0 Å². The lowest BCUT2D eigenvalue weighted by Gasteiger charge is -2.43. The summed E-state index contributed by atoms with van der Waals surface area (Å²) >= 11 is 0. The number of ether oxygens (including phenoxy) is 1. The van der Waals surface area contributed by atoms with Gasteiger partial charge in [0, 0.05) is 6.42 Å². The number of aliphatic hydroxyl groups is 3. The summed E-state index contributed by atoms with van der Waals surface area (Å²) in [6, 6.07) is -1.98. The fourth-order valence-corrected chi connectivity index (χ4v) is 1.74. The zero-order valence-electron chi connectivity index (χ0n) is 9.35. The molecule has 1 heterocycles. The molecule has 6 unspecified atom stereocenters. The zero-order chi connectivity index (χ0) is 13.4. The third-order valence-electron chi connectivity index (χ3n) is 2.91. The van der Waals surface area contributed by atoms with Gasteiger partial charge in [-0.2, -0.15) is 0 Å². The van der Waals surface area contributed by atoms with Crippen LogP contribution in [0.25, 0.3) is 0 Å². The molecule has 17 heavy (non-hydrogen) atoms. The first-order chi connectivity index (χ1) is 7.69. The van der Waals surface area contributed by atoms with Crippen molar-refractivity contribution < 1.29 is 30.0 Å². The zero-order valence-corrected chi connectivity index (χ0v) is 9.35. The van der Waals surface area contributed by atoms with Gasteiger partial charge in [0.25, 0.3) is 5.79 Å². The van der Waals surface area contributed by atoms with Gasteiger partial charge in [-0.1, -0.05) is 0 Å². The van der Waals surface area contributed by atoms with Gasteiger partial charge in [-0.15, -0.1) is 0 Å². The minimum absolute atomic E-state index is 0.549. The van der Waals surface area contributed by atoms with Crippen molar-refractivity contribution in [2.45, 2.75) is 49.5 Å². The molecule has 8 heteroatoms. The summed E-state index contributed by atoms with van der Waals surface area (Å²) in [6.07, 6.45) is -4.00. The van der Waals surface area contributed by atoms with E-state index in [2.05, 4.69) is 0 Å². The summed E-state index contributed by atoms with van der Waals surface area (Å²) in [7, 11) is 0. The van der Waals surface area contributed by atoms with Crippen LogP contribution in [0.15, 0.2) is 0 Å². The first-order valence-corrected chi connectivity index (χ1v) is 5.20. The van der Waals surface area contributed by atoms with Crippen LogP contribution in [0.2, 0.25) is 0 Å². The Morgan fingerprint density at radius 3 is 2.53 bits per heavy atom. The van der Waals surface area contributed by atoms with Crippen molar-refractivity contribution in [3.05, 3.63) is 0 Å². The molecule has 8 N–H and O–H groups in total. The number of hydrogen-bond donors (Lipinski definition) is 6. The van der Waals surface area contributed by atoms with E-state index in [4.69, 9.17) is 21.3 Å². The van der Waals surface area contributed by atoms with E-state index in [0.717, 1.165) is 0 Å². The maximum atomic E-state index is 10.8. The summed E-state index contributed by atoms with van der Waals surface area (Å²) in [4.78, 5) is 10.8. The Balaban J connectivity index is 2.93. The lowest BCUT2D eigenvalue weighted by molar-refractivity contribution is -0.279. The predicted molar refractivity (Wildman–Crippen MR) is 55.7 cm³/mol. The molecule has 1 aliphatic heterocycles. The molecule has 0 saturated carbocycles. The third kappa shape index (κ3) is 2.73. The average molecular weight is 250 g/mol. The fraction of sp³-hybridized carbons (Fsp3) is 0.889. The van der Waals surface area contributed by atoms with Crippen molar-refractivity contribution in [2.75, 3.05) is 0 Å². The monoisotopic (exact) mass is 250 g/mol. The largest absolute Gasteiger partial charge is 0.477 e. The highest BCUT2D eigenvalue weighted by Crippen LogP contribution is 2.28. The molecule has 0 bridgehead atoms. The molecule has 0 amide bonds. The van der Waals surface area contributed by atoms with Gasteiger partial charge < -0.3 is 36.6 Å². The van der Waals surface area contributed by atoms with Crippen LogP contribution in [0, 0.1) is 0 Å². The van der Waals surface area contributed by atoms with E-state index in [1.165, 1.54) is 6.92 Å². The molecule has 1 rings (SSSR count). The number of hydrogen-bond acceptors (Lipinski definition) is 7. The third-order valence-corrected chi connectivity index (χ3v) is 2.91. The fourth-order valence-electron chi connectivity index (χ4n) is 1.74. The molecule has 6 atom stereocenters. The molecule has 1 fully saturated rings. The summed E-state index contributed by atoms with van der Waals surface area (Å²) in [5.74, 6) is -4.17. The van der Waals surface area contributed by atoms with Crippen LogP contribution in [0.1, 0.15) is 13.3 Å². The Morgan fingerprint density at radius 2 is 2.12 bits per heavy atom.